The van der Waals surface area contributed by atoms with Crippen LogP contribution in [0.4, 0.5) is 0 Å². The maximum absolute atomic E-state index is 13.0. The number of hydrogen-bond donors (Lipinski definition) is 1. The number of amides is 1. The van der Waals surface area contributed by atoms with Crippen molar-refractivity contribution in [1.82, 2.24) is 15.2 Å². The molecule has 0 spiro atoms. The van der Waals surface area contributed by atoms with E-state index in [4.69, 9.17) is 19.2 Å². The molecular weight excluding hydrogens is 582 g/mol. The van der Waals surface area contributed by atoms with Crippen LogP contribution in [0.15, 0.2) is 109 Å². The molecule has 0 aliphatic heterocycles. The summed E-state index contributed by atoms with van der Waals surface area (Å²) in [6.07, 6.45) is 0.811. The molecule has 1 atom stereocenters. The van der Waals surface area contributed by atoms with Gasteiger partial charge in [-0.1, -0.05) is 78.9 Å². The van der Waals surface area contributed by atoms with E-state index in [0.29, 0.717) is 30.3 Å². The summed E-state index contributed by atoms with van der Waals surface area (Å²) in [5.41, 5.74) is 4.95. The van der Waals surface area contributed by atoms with Gasteiger partial charge >= 0.3 is 0 Å². The van der Waals surface area contributed by atoms with Crippen molar-refractivity contribution in [2.45, 2.75) is 39.1 Å². The van der Waals surface area contributed by atoms with E-state index in [9.17, 15) is 4.79 Å². The molecule has 0 saturated carbocycles. The minimum absolute atomic E-state index is 0.110. The molecule has 1 aromatic heterocycles. The van der Waals surface area contributed by atoms with Crippen molar-refractivity contribution in [3.05, 3.63) is 141 Å². The Kier molecular flexibility index (Phi) is 11.2. The van der Waals surface area contributed by atoms with E-state index < -0.39 is 0 Å². The van der Waals surface area contributed by atoms with Gasteiger partial charge in [0, 0.05) is 18.5 Å². The van der Waals surface area contributed by atoms with Gasteiger partial charge in [0.05, 0.1) is 26.8 Å². The Morgan fingerprint density at radius 1 is 0.822 bits per heavy atom. The van der Waals surface area contributed by atoms with Crippen molar-refractivity contribution in [1.29, 1.82) is 0 Å². The van der Waals surface area contributed by atoms with Crippen LogP contribution in [-0.4, -0.2) is 36.6 Å². The minimum atomic E-state index is -0.170. The van der Waals surface area contributed by atoms with Crippen molar-refractivity contribution in [2.75, 3.05) is 20.8 Å². The summed E-state index contributed by atoms with van der Waals surface area (Å²) in [5.74, 6) is 2.09. The zero-order valence-electron chi connectivity index (χ0n) is 25.9. The zero-order chi connectivity index (χ0) is 31.4. The Bertz CT molecular complexity index is 1640. The van der Waals surface area contributed by atoms with Gasteiger partial charge in [0.25, 0.3) is 5.91 Å². The number of carbonyl (C=O) groups is 1. The standard InChI is InChI=1S/C37H39N3O4S/c1-27(31-12-8-5-9-13-31)38-37(41)33-26-45-36(39-33)24-40(21-20-28-16-19-34(42-2)35(22-28)43-3)23-29-14-17-32(18-15-29)44-25-30-10-6-4-7-11-30/h4-19,22,26-27H,20-21,23-25H2,1-3H3,(H,38,41)/t27-/m1/s1. The second-order valence-electron chi connectivity index (χ2n) is 10.8. The monoisotopic (exact) mass is 621 g/mol. The second kappa shape index (κ2) is 15.9. The SMILES string of the molecule is COc1ccc(CCN(Cc2ccc(OCc3ccccc3)cc2)Cc2nc(C(=O)N[C@H](C)c3ccccc3)cs2)cc1OC. The molecule has 5 aromatic rings. The van der Waals surface area contributed by atoms with E-state index in [-0.39, 0.29) is 11.9 Å². The summed E-state index contributed by atoms with van der Waals surface area (Å²) in [4.78, 5) is 20.1. The van der Waals surface area contributed by atoms with Crippen LogP contribution in [0.2, 0.25) is 0 Å². The normalized spacial score (nSPS) is 11.6. The van der Waals surface area contributed by atoms with E-state index in [1.54, 1.807) is 14.2 Å². The lowest BCUT2D eigenvalue weighted by molar-refractivity contribution is 0.0935. The first-order valence-electron chi connectivity index (χ1n) is 15.0. The van der Waals surface area contributed by atoms with Crippen LogP contribution < -0.4 is 19.5 Å². The predicted octanol–water partition coefficient (Wildman–Crippen LogP) is 7.48. The van der Waals surface area contributed by atoms with Crippen molar-refractivity contribution < 1.29 is 19.0 Å². The van der Waals surface area contributed by atoms with E-state index >= 15 is 0 Å². The van der Waals surface area contributed by atoms with Crippen LogP contribution >= 0.6 is 11.3 Å². The second-order valence-corrected chi connectivity index (χ2v) is 11.7. The number of rotatable bonds is 15. The molecule has 1 N–H and O–H groups in total. The highest BCUT2D eigenvalue weighted by Gasteiger charge is 2.17. The lowest BCUT2D eigenvalue weighted by atomic mass is 10.1. The number of nitrogens with one attached hydrogen (secondary N) is 1. The average Bonchev–Trinajstić information content (AvgIpc) is 3.56. The molecule has 0 aliphatic carbocycles. The molecule has 0 saturated heterocycles. The fourth-order valence-electron chi connectivity index (χ4n) is 5.00. The van der Waals surface area contributed by atoms with Gasteiger partial charge in [0.15, 0.2) is 11.5 Å². The highest BCUT2D eigenvalue weighted by molar-refractivity contribution is 7.09. The first kappa shape index (κ1) is 31.8. The Morgan fingerprint density at radius 2 is 1.51 bits per heavy atom. The Balaban J connectivity index is 1.26. The maximum Gasteiger partial charge on any atom is 0.271 e. The number of methoxy groups -OCH3 is 2. The summed E-state index contributed by atoms with van der Waals surface area (Å²) in [7, 11) is 3.29. The molecule has 7 nitrogen and oxygen atoms in total. The Morgan fingerprint density at radius 3 is 2.22 bits per heavy atom. The number of benzene rings is 4. The third kappa shape index (κ3) is 9.17. The first-order chi connectivity index (χ1) is 22.0. The minimum Gasteiger partial charge on any atom is -0.493 e. The summed E-state index contributed by atoms with van der Waals surface area (Å²) < 4.78 is 16.9. The van der Waals surface area contributed by atoms with E-state index in [1.165, 1.54) is 16.9 Å². The van der Waals surface area contributed by atoms with Crippen molar-refractivity contribution in [3.63, 3.8) is 0 Å². The van der Waals surface area contributed by atoms with Gasteiger partial charge in [-0.2, -0.15) is 0 Å². The molecule has 8 heteroatoms. The van der Waals surface area contributed by atoms with E-state index in [2.05, 4.69) is 40.5 Å². The smallest absolute Gasteiger partial charge is 0.271 e. The number of hydrogen-bond acceptors (Lipinski definition) is 7. The number of thiazole rings is 1. The highest BCUT2D eigenvalue weighted by atomic mass is 32.1. The molecule has 0 fully saturated rings. The van der Waals surface area contributed by atoms with Gasteiger partial charge in [-0.25, -0.2) is 4.98 Å². The number of aromatic nitrogens is 1. The van der Waals surface area contributed by atoms with Crippen LogP contribution in [0.5, 0.6) is 17.2 Å². The molecule has 5 rings (SSSR count). The van der Waals surface area contributed by atoms with Gasteiger partial charge in [-0.15, -0.1) is 11.3 Å². The topological polar surface area (TPSA) is 72.9 Å². The zero-order valence-corrected chi connectivity index (χ0v) is 26.8. The van der Waals surface area contributed by atoms with E-state index in [1.807, 2.05) is 85.1 Å². The maximum atomic E-state index is 13.0. The molecular formula is C37H39N3O4S. The number of nitrogens with zero attached hydrogens (tertiary/aromatic N) is 2. The summed E-state index contributed by atoms with van der Waals surface area (Å²) in [6, 6.07) is 34.3. The van der Waals surface area contributed by atoms with Crippen molar-refractivity contribution in [2.24, 2.45) is 0 Å². The Hall–Kier alpha value is -4.66. The molecule has 0 bridgehead atoms. The molecule has 232 valence electrons. The molecule has 0 radical (unpaired) electrons. The van der Waals surface area contributed by atoms with Gasteiger partial charge in [0.2, 0.25) is 0 Å². The lowest BCUT2D eigenvalue weighted by Crippen LogP contribution is -2.27. The van der Waals surface area contributed by atoms with Gasteiger partial charge in [0.1, 0.15) is 23.1 Å². The summed E-state index contributed by atoms with van der Waals surface area (Å²) in [6.45, 7) is 4.63. The van der Waals surface area contributed by atoms with Crippen LogP contribution in [0.3, 0.4) is 0 Å². The van der Waals surface area contributed by atoms with Crippen molar-refractivity contribution in [3.8, 4) is 17.2 Å². The number of carbonyl (C=O) groups excluding carboxylic acids is 1. The Labute approximate surface area is 269 Å². The van der Waals surface area contributed by atoms with Crippen LogP contribution in [0.1, 0.15) is 50.7 Å². The third-order valence-corrected chi connectivity index (χ3v) is 8.37. The third-order valence-electron chi connectivity index (χ3n) is 7.53. The molecule has 0 aliphatic rings. The van der Waals surface area contributed by atoms with Crippen LogP contribution in [-0.2, 0) is 26.1 Å². The molecule has 0 unspecified atom stereocenters. The van der Waals surface area contributed by atoms with Gasteiger partial charge in [-0.3, -0.25) is 9.69 Å². The highest BCUT2D eigenvalue weighted by Crippen LogP contribution is 2.28. The molecule has 4 aromatic carbocycles. The summed E-state index contributed by atoms with van der Waals surface area (Å²) >= 11 is 1.51. The fourth-order valence-corrected chi connectivity index (χ4v) is 5.82. The van der Waals surface area contributed by atoms with Gasteiger partial charge in [-0.05, 0) is 59.9 Å². The van der Waals surface area contributed by atoms with Crippen LogP contribution in [0, 0.1) is 0 Å². The van der Waals surface area contributed by atoms with E-state index in [0.717, 1.165) is 47.0 Å². The lowest BCUT2D eigenvalue weighted by Gasteiger charge is -2.22. The van der Waals surface area contributed by atoms with Crippen LogP contribution in [0.25, 0.3) is 0 Å². The molecule has 1 heterocycles. The average molecular weight is 622 g/mol. The molecule has 1 amide bonds. The molecule has 45 heavy (non-hydrogen) atoms. The van der Waals surface area contributed by atoms with Gasteiger partial charge < -0.3 is 19.5 Å². The number of ether oxygens (including phenoxy) is 3. The largest absolute Gasteiger partial charge is 0.493 e. The predicted molar refractivity (Wildman–Crippen MR) is 179 cm³/mol. The fraction of sp³-hybridized carbons (Fsp3) is 0.243. The van der Waals surface area contributed by atoms with Crippen molar-refractivity contribution >= 4 is 17.2 Å². The quantitative estimate of drug-likeness (QED) is 0.131. The first-order valence-corrected chi connectivity index (χ1v) is 15.9. The summed E-state index contributed by atoms with van der Waals surface area (Å²) in [5, 5.41) is 5.80.